The topological polar surface area (TPSA) is 46.5 Å². The molecule has 0 aliphatic rings. The fourth-order valence-electron chi connectivity index (χ4n) is 2.49. The number of benzene rings is 2. The van der Waals surface area contributed by atoms with Gasteiger partial charge in [-0.1, -0.05) is 61.7 Å². The third kappa shape index (κ3) is 5.03. The van der Waals surface area contributed by atoms with Crippen molar-refractivity contribution in [1.82, 2.24) is 0 Å². The van der Waals surface area contributed by atoms with Gasteiger partial charge in [0.25, 0.3) is 10.0 Å². The Bertz CT molecular complexity index is 789. The molecule has 0 saturated carbocycles. The zero-order chi connectivity index (χ0) is 17.6. The van der Waals surface area contributed by atoms with Crippen LogP contribution in [0.15, 0.2) is 57.8 Å². The van der Waals surface area contributed by atoms with Crippen molar-refractivity contribution in [2.75, 3.05) is 0 Å². The Kier molecular flexibility index (Phi) is 6.32. The zero-order valence-corrected chi connectivity index (χ0v) is 15.4. The van der Waals surface area contributed by atoms with Gasteiger partial charge in [-0.2, -0.15) is 12.8 Å². The van der Waals surface area contributed by atoms with Crippen molar-refractivity contribution in [1.29, 1.82) is 0 Å². The van der Waals surface area contributed by atoms with Crippen molar-refractivity contribution in [3.8, 4) is 0 Å². The normalized spacial score (nSPS) is 12.4. The predicted octanol–water partition coefficient (Wildman–Crippen LogP) is 4.93. The minimum atomic E-state index is -3.66. The first-order valence-electron chi connectivity index (χ1n) is 8.40. The molecule has 0 spiro atoms. The highest BCUT2D eigenvalue weighted by Gasteiger charge is 2.13. The van der Waals surface area contributed by atoms with Crippen LogP contribution >= 0.6 is 0 Å². The standard InChI is InChI=1S/C20H25NO2S/c1-4-5-6-7-18-10-12-19(13-11-18)17(3)21-24(22,23)20-14-8-16(2)9-15-20/h8-15H,4-7H2,1-3H3/b21-17+. The molecule has 24 heavy (non-hydrogen) atoms. The number of aryl methyl sites for hydroxylation is 2. The second-order valence-corrected chi connectivity index (χ2v) is 7.72. The van der Waals surface area contributed by atoms with Gasteiger partial charge in [0.1, 0.15) is 0 Å². The second-order valence-electron chi connectivity index (χ2n) is 6.12. The summed E-state index contributed by atoms with van der Waals surface area (Å²) in [6.45, 7) is 5.85. The third-order valence-corrected chi connectivity index (χ3v) is 5.40. The fourth-order valence-corrected chi connectivity index (χ4v) is 3.54. The van der Waals surface area contributed by atoms with Crippen molar-refractivity contribution in [3.05, 3.63) is 65.2 Å². The quantitative estimate of drug-likeness (QED) is 0.529. The predicted molar refractivity (Wildman–Crippen MR) is 100 cm³/mol. The van der Waals surface area contributed by atoms with Crippen LogP contribution in [0.5, 0.6) is 0 Å². The Morgan fingerprint density at radius 3 is 2.17 bits per heavy atom. The summed E-state index contributed by atoms with van der Waals surface area (Å²) in [5.41, 5.74) is 3.65. The highest BCUT2D eigenvalue weighted by atomic mass is 32.2. The lowest BCUT2D eigenvalue weighted by Crippen LogP contribution is -2.03. The molecule has 0 saturated heterocycles. The molecule has 0 atom stereocenters. The molecule has 0 fully saturated rings. The molecule has 0 aliphatic carbocycles. The van der Waals surface area contributed by atoms with Crippen molar-refractivity contribution < 1.29 is 8.42 Å². The number of unbranched alkanes of at least 4 members (excludes halogenated alkanes) is 2. The van der Waals surface area contributed by atoms with Gasteiger partial charge < -0.3 is 0 Å². The maximum atomic E-state index is 12.4. The molecule has 0 bridgehead atoms. The third-order valence-electron chi connectivity index (χ3n) is 4.02. The van der Waals surface area contributed by atoms with Crippen LogP contribution in [0.1, 0.15) is 49.8 Å². The van der Waals surface area contributed by atoms with Crippen LogP contribution in [0.25, 0.3) is 0 Å². The SMILES string of the molecule is CCCCCc1ccc(/C(C)=N/S(=O)(=O)c2ccc(C)cc2)cc1. The average molecular weight is 343 g/mol. The van der Waals surface area contributed by atoms with Crippen LogP contribution in [0.2, 0.25) is 0 Å². The Balaban J connectivity index is 2.16. The molecular formula is C20H25NO2S. The van der Waals surface area contributed by atoms with E-state index in [1.54, 1.807) is 31.2 Å². The van der Waals surface area contributed by atoms with E-state index in [0.717, 1.165) is 17.5 Å². The van der Waals surface area contributed by atoms with E-state index in [9.17, 15) is 8.42 Å². The maximum Gasteiger partial charge on any atom is 0.282 e. The first kappa shape index (κ1) is 18.4. The summed E-state index contributed by atoms with van der Waals surface area (Å²) in [7, 11) is -3.66. The van der Waals surface area contributed by atoms with Gasteiger partial charge in [-0.25, -0.2) is 0 Å². The van der Waals surface area contributed by atoms with Gasteiger partial charge in [0.15, 0.2) is 0 Å². The summed E-state index contributed by atoms with van der Waals surface area (Å²) in [4.78, 5) is 0.226. The molecule has 4 heteroatoms. The van der Waals surface area contributed by atoms with Gasteiger partial charge in [0, 0.05) is 0 Å². The molecule has 2 aromatic carbocycles. The van der Waals surface area contributed by atoms with Gasteiger partial charge in [0.05, 0.1) is 10.6 Å². The number of rotatable bonds is 7. The van der Waals surface area contributed by atoms with Crippen molar-refractivity contribution >= 4 is 15.7 Å². The Hall–Kier alpha value is -1.94. The Morgan fingerprint density at radius 1 is 0.958 bits per heavy atom. The summed E-state index contributed by atoms with van der Waals surface area (Å²) >= 11 is 0. The fraction of sp³-hybridized carbons (Fsp3) is 0.350. The van der Waals surface area contributed by atoms with E-state index < -0.39 is 10.0 Å². The van der Waals surface area contributed by atoms with Crippen LogP contribution in [-0.2, 0) is 16.4 Å². The summed E-state index contributed by atoms with van der Waals surface area (Å²) < 4.78 is 28.7. The van der Waals surface area contributed by atoms with E-state index in [0.29, 0.717) is 5.71 Å². The van der Waals surface area contributed by atoms with E-state index in [2.05, 4.69) is 23.5 Å². The molecule has 0 unspecified atom stereocenters. The smallest absolute Gasteiger partial charge is 0.199 e. The van der Waals surface area contributed by atoms with Crippen LogP contribution < -0.4 is 0 Å². The number of hydrogen-bond acceptors (Lipinski definition) is 2. The molecule has 0 aromatic heterocycles. The van der Waals surface area contributed by atoms with Gasteiger partial charge in [-0.15, -0.1) is 0 Å². The van der Waals surface area contributed by atoms with Gasteiger partial charge >= 0.3 is 0 Å². The lowest BCUT2D eigenvalue weighted by molar-refractivity contribution is 0.598. The van der Waals surface area contributed by atoms with Crippen LogP contribution in [0.3, 0.4) is 0 Å². The molecule has 0 radical (unpaired) electrons. The molecule has 0 amide bonds. The van der Waals surface area contributed by atoms with Gasteiger partial charge in [-0.3, -0.25) is 0 Å². The van der Waals surface area contributed by atoms with Crippen LogP contribution in [0.4, 0.5) is 0 Å². The van der Waals surface area contributed by atoms with Crippen molar-refractivity contribution in [2.45, 2.75) is 51.3 Å². The highest BCUT2D eigenvalue weighted by molar-refractivity contribution is 7.90. The molecular weight excluding hydrogens is 318 g/mol. The Morgan fingerprint density at radius 2 is 1.58 bits per heavy atom. The molecule has 2 aromatic rings. The number of hydrogen-bond donors (Lipinski definition) is 0. The first-order valence-corrected chi connectivity index (χ1v) is 9.84. The van der Waals surface area contributed by atoms with E-state index in [4.69, 9.17) is 0 Å². The Labute approximate surface area is 145 Å². The van der Waals surface area contributed by atoms with E-state index in [1.165, 1.54) is 24.8 Å². The molecule has 0 N–H and O–H groups in total. The molecule has 128 valence electrons. The first-order chi connectivity index (χ1) is 11.4. The average Bonchev–Trinajstić information content (AvgIpc) is 2.55. The molecule has 3 nitrogen and oxygen atoms in total. The van der Waals surface area contributed by atoms with Crippen LogP contribution in [-0.4, -0.2) is 14.1 Å². The molecule has 0 heterocycles. The summed E-state index contributed by atoms with van der Waals surface area (Å²) in [5.74, 6) is 0. The second kappa shape index (κ2) is 8.25. The maximum absolute atomic E-state index is 12.4. The largest absolute Gasteiger partial charge is 0.282 e. The minimum absolute atomic E-state index is 0.226. The summed E-state index contributed by atoms with van der Waals surface area (Å²) in [6, 6.07) is 14.8. The van der Waals surface area contributed by atoms with E-state index in [-0.39, 0.29) is 4.90 Å². The monoisotopic (exact) mass is 343 g/mol. The van der Waals surface area contributed by atoms with Gasteiger partial charge in [-0.05, 0) is 49.9 Å². The minimum Gasteiger partial charge on any atom is -0.199 e. The summed E-state index contributed by atoms with van der Waals surface area (Å²) in [5, 5.41) is 0. The number of nitrogens with zero attached hydrogens (tertiary/aromatic N) is 1. The molecule has 2 rings (SSSR count). The summed E-state index contributed by atoms with van der Waals surface area (Å²) in [6.07, 6.45) is 4.69. The van der Waals surface area contributed by atoms with E-state index >= 15 is 0 Å². The van der Waals surface area contributed by atoms with Crippen LogP contribution in [0, 0.1) is 6.92 Å². The van der Waals surface area contributed by atoms with Crippen molar-refractivity contribution in [2.24, 2.45) is 4.40 Å². The van der Waals surface area contributed by atoms with Gasteiger partial charge in [0.2, 0.25) is 0 Å². The lowest BCUT2D eigenvalue weighted by atomic mass is 10.0. The lowest BCUT2D eigenvalue weighted by Gasteiger charge is -2.05. The van der Waals surface area contributed by atoms with E-state index in [1.807, 2.05) is 19.1 Å². The molecule has 0 aliphatic heterocycles. The van der Waals surface area contributed by atoms with Crippen molar-refractivity contribution in [3.63, 3.8) is 0 Å². The number of sulfonamides is 1. The zero-order valence-electron chi connectivity index (χ0n) is 14.6. The highest BCUT2D eigenvalue weighted by Crippen LogP contribution is 2.16.